The highest BCUT2D eigenvalue weighted by atomic mass is 35.5. The number of halogens is 1. The molecule has 2 aromatic rings. The molecular formula is C18H16ClN3S. The fourth-order valence-corrected chi connectivity index (χ4v) is 2.64. The highest BCUT2D eigenvalue weighted by Crippen LogP contribution is 2.31. The Hall–Kier alpha value is -2.35. The molecule has 0 unspecified atom stereocenters. The van der Waals surface area contributed by atoms with E-state index in [-0.39, 0.29) is 0 Å². The van der Waals surface area contributed by atoms with E-state index in [4.69, 9.17) is 23.8 Å². The van der Waals surface area contributed by atoms with Crippen molar-refractivity contribution in [2.45, 2.75) is 5.92 Å². The van der Waals surface area contributed by atoms with Gasteiger partial charge in [-0.2, -0.15) is 5.26 Å². The van der Waals surface area contributed by atoms with Gasteiger partial charge in [0.2, 0.25) is 0 Å². The topological polar surface area (TPSA) is 47.8 Å². The Morgan fingerprint density at radius 1 is 1.30 bits per heavy atom. The van der Waals surface area contributed by atoms with Crippen molar-refractivity contribution in [1.82, 2.24) is 5.32 Å². The summed E-state index contributed by atoms with van der Waals surface area (Å²) in [7, 11) is 0. The minimum Gasteiger partial charge on any atom is -0.359 e. The maximum Gasteiger partial charge on any atom is 0.171 e. The van der Waals surface area contributed by atoms with Gasteiger partial charge in [0.1, 0.15) is 0 Å². The predicted molar refractivity (Wildman–Crippen MR) is 99.8 cm³/mol. The molecule has 0 saturated heterocycles. The van der Waals surface area contributed by atoms with Crippen LogP contribution in [0.15, 0.2) is 61.2 Å². The number of anilines is 1. The first kappa shape index (κ1) is 17.0. The van der Waals surface area contributed by atoms with Crippen LogP contribution in [0.5, 0.6) is 0 Å². The summed E-state index contributed by atoms with van der Waals surface area (Å²) in [5.41, 5.74) is 2.46. The van der Waals surface area contributed by atoms with Crippen LogP contribution < -0.4 is 10.6 Å². The minimum atomic E-state index is -0.399. The Labute approximate surface area is 146 Å². The molecule has 2 aromatic carbocycles. The van der Waals surface area contributed by atoms with E-state index in [1.807, 2.05) is 42.5 Å². The number of benzene rings is 2. The number of nitriles is 1. The molecule has 2 rings (SSSR count). The summed E-state index contributed by atoms with van der Waals surface area (Å²) in [5, 5.41) is 16.6. The van der Waals surface area contributed by atoms with Crippen LogP contribution in [0, 0.1) is 11.3 Å². The molecule has 5 heteroatoms. The highest BCUT2D eigenvalue weighted by Gasteiger charge is 2.16. The summed E-state index contributed by atoms with van der Waals surface area (Å²) in [6, 6.07) is 17.4. The molecule has 0 aliphatic heterocycles. The van der Waals surface area contributed by atoms with Crippen LogP contribution in [0.4, 0.5) is 5.69 Å². The fraction of sp³-hybridized carbons (Fsp3) is 0.111. The Morgan fingerprint density at radius 2 is 2.04 bits per heavy atom. The molecule has 0 heterocycles. The zero-order valence-corrected chi connectivity index (χ0v) is 14.0. The zero-order chi connectivity index (χ0) is 16.7. The lowest BCUT2D eigenvalue weighted by atomic mass is 9.92. The number of hydrogen-bond acceptors (Lipinski definition) is 2. The van der Waals surface area contributed by atoms with Crippen LogP contribution in [0.25, 0.3) is 0 Å². The lowest BCUT2D eigenvalue weighted by Crippen LogP contribution is -2.28. The van der Waals surface area contributed by atoms with Gasteiger partial charge >= 0.3 is 0 Å². The Balaban J connectivity index is 2.20. The van der Waals surface area contributed by atoms with Gasteiger partial charge in [0.15, 0.2) is 5.11 Å². The monoisotopic (exact) mass is 341 g/mol. The van der Waals surface area contributed by atoms with Gasteiger partial charge in [-0.3, -0.25) is 0 Å². The van der Waals surface area contributed by atoms with Gasteiger partial charge in [-0.1, -0.05) is 54.1 Å². The van der Waals surface area contributed by atoms with Gasteiger partial charge in [0.05, 0.1) is 12.0 Å². The Morgan fingerprint density at radius 3 is 2.65 bits per heavy atom. The number of nitrogens with zero attached hydrogens (tertiary/aromatic N) is 1. The molecule has 0 fully saturated rings. The van der Waals surface area contributed by atoms with Crippen molar-refractivity contribution in [1.29, 1.82) is 5.26 Å². The second-order valence-corrected chi connectivity index (χ2v) is 5.65. The van der Waals surface area contributed by atoms with E-state index in [2.05, 4.69) is 23.3 Å². The number of nitrogens with one attached hydrogen (secondary N) is 2. The van der Waals surface area contributed by atoms with Crippen LogP contribution in [0.2, 0.25) is 5.02 Å². The first-order valence-electron chi connectivity index (χ1n) is 7.05. The first-order valence-corrected chi connectivity index (χ1v) is 7.84. The van der Waals surface area contributed by atoms with Crippen molar-refractivity contribution in [2.75, 3.05) is 11.9 Å². The molecule has 0 aromatic heterocycles. The molecule has 0 bridgehead atoms. The second-order valence-electron chi connectivity index (χ2n) is 4.83. The van der Waals surface area contributed by atoms with Gasteiger partial charge < -0.3 is 10.6 Å². The van der Waals surface area contributed by atoms with Crippen LogP contribution in [-0.4, -0.2) is 11.7 Å². The van der Waals surface area contributed by atoms with Crippen LogP contribution >= 0.6 is 23.8 Å². The van der Waals surface area contributed by atoms with Crippen molar-refractivity contribution in [3.05, 3.63) is 77.3 Å². The molecule has 0 spiro atoms. The molecule has 23 heavy (non-hydrogen) atoms. The van der Waals surface area contributed by atoms with Crippen molar-refractivity contribution >= 4 is 34.6 Å². The van der Waals surface area contributed by atoms with Gasteiger partial charge in [0.25, 0.3) is 0 Å². The maximum absolute atomic E-state index is 9.50. The van der Waals surface area contributed by atoms with E-state index in [1.54, 1.807) is 12.1 Å². The lowest BCUT2D eigenvalue weighted by molar-refractivity contribution is 1.04. The molecule has 0 aliphatic rings. The van der Waals surface area contributed by atoms with Crippen molar-refractivity contribution in [3.63, 3.8) is 0 Å². The molecule has 116 valence electrons. The lowest BCUT2D eigenvalue weighted by Gasteiger charge is -2.14. The van der Waals surface area contributed by atoms with E-state index in [0.717, 1.165) is 16.8 Å². The van der Waals surface area contributed by atoms with Crippen molar-refractivity contribution < 1.29 is 0 Å². The summed E-state index contributed by atoms with van der Waals surface area (Å²) in [6.45, 7) is 4.21. The third-order valence-corrected chi connectivity index (χ3v) is 3.81. The third-order valence-electron chi connectivity index (χ3n) is 3.24. The highest BCUT2D eigenvalue weighted by molar-refractivity contribution is 7.80. The molecular weight excluding hydrogens is 326 g/mol. The summed E-state index contributed by atoms with van der Waals surface area (Å²) in [5.74, 6) is -0.399. The van der Waals surface area contributed by atoms with E-state index >= 15 is 0 Å². The van der Waals surface area contributed by atoms with Gasteiger partial charge in [0, 0.05) is 17.3 Å². The smallest absolute Gasteiger partial charge is 0.171 e. The van der Waals surface area contributed by atoms with Crippen LogP contribution in [-0.2, 0) is 0 Å². The average molecular weight is 342 g/mol. The quantitative estimate of drug-likeness (QED) is 0.622. The van der Waals surface area contributed by atoms with Crippen LogP contribution in [0.1, 0.15) is 17.0 Å². The van der Waals surface area contributed by atoms with E-state index in [0.29, 0.717) is 16.7 Å². The third kappa shape index (κ3) is 4.56. The molecule has 0 amide bonds. The minimum absolute atomic E-state index is 0.399. The second kappa shape index (κ2) is 8.33. The van der Waals surface area contributed by atoms with Gasteiger partial charge in [-0.25, -0.2) is 0 Å². The average Bonchev–Trinajstić information content (AvgIpc) is 2.56. The van der Waals surface area contributed by atoms with E-state index < -0.39 is 5.92 Å². The molecule has 3 nitrogen and oxygen atoms in total. The summed E-state index contributed by atoms with van der Waals surface area (Å²) in [6.07, 6.45) is 1.72. The SMILES string of the molecule is C=CCNC(=S)Nc1ccc([C@@H](C#N)c2ccccc2)c(Cl)c1. The molecule has 1 atom stereocenters. The number of rotatable bonds is 5. The summed E-state index contributed by atoms with van der Waals surface area (Å²) >= 11 is 11.5. The Kier molecular flexibility index (Phi) is 6.16. The van der Waals surface area contributed by atoms with E-state index in [9.17, 15) is 5.26 Å². The standard InChI is InChI=1S/C18H16ClN3S/c1-2-10-21-18(23)22-14-8-9-15(17(19)11-14)16(12-20)13-6-4-3-5-7-13/h2-9,11,16H,1,10H2,(H2,21,22,23)/t16-/m0/s1. The summed E-state index contributed by atoms with van der Waals surface area (Å²) in [4.78, 5) is 0. The predicted octanol–water partition coefficient (Wildman–Crippen LogP) is 4.47. The summed E-state index contributed by atoms with van der Waals surface area (Å²) < 4.78 is 0. The van der Waals surface area contributed by atoms with Crippen LogP contribution in [0.3, 0.4) is 0 Å². The first-order chi connectivity index (χ1) is 11.2. The van der Waals surface area contributed by atoms with Crippen molar-refractivity contribution in [3.8, 4) is 6.07 Å². The van der Waals surface area contributed by atoms with Gasteiger partial charge in [-0.05, 0) is 35.5 Å². The van der Waals surface area contributed by atoms with Gasteiger partial charge in [-0.15, -0.1) is 6.58 Å². The maximum atomic E-state index is 9.50. The number of thiocarbonyl (C=S) groups is 1. The largest absolute Gasteiger partial charge is 0.359 e. The molecule has 2 N–H and O–H groups in total. The molecule has 0 saturated carbocycles. The van der Waals surface area contributed by atoms with E-state index in [1.165, 1.54) is 0 Å². The fourth-order valence-electron chi connectivity index (χ4n) is 2.15. The van der Waals surface area contributed by atoms with Crippen molar-refractivity contribution in [2.24, 2.45) is 0 Å². The normalized spacial score (nSPS) is 11.1. The number of hydrogen-bond donors (Lipinski definition) is 2. The zero-order valence-electron chi connectivity index (χ0n) is 12.4. The molecule has 0 aliphatic carbocycles. The molecule has 0 radical (unpaired) electrons. The Bertz CT molecular complexity index is 738.